The van der Waals surface area contributed by atoms with Crippen LogP contribution in [-0.4, -0.2) is 16.5 Å². The monoisotopic (exact) mass is 327 g/mol. The van der Waals surface area contributed by atoms with Crippen molar-refractivity contribution in [3.63, 3.8) is 0 Å². The van der Waals surface area contributed by atoms with Crippen molar-refractivity contribution in [3.8, 4) is 17.3 Å². The summed E-state index contributed by atoms with van der Waals surface area (Å²) in [6.45, 7) is 4.26. The second kappa shape index (κ2) is 7.75. The average molecular weight is 327 g/mol. The van der Waals surface area contributed by atoms with Gasteiger partial charge in [0.15, 0.2) is 0 Å². The molecule has 2 aromatic carbocycles. The molecule has 25 heavy (non-hydrogen) atoms. The number of nitrogens with zero attached hydrogens (tertiary/aromatic N) is 3. The van der Waals surface area contributed by atoms with Gasteiger partial charge in [-0.05, 0) is 12.1 Å². The second-order valence-electron chi connectivity index (χ2n) is 5.28. The first-order valence-corrected chi connectivity index (χ1v) is 7.85. The van der Waals surface area contributed by atoms with Crippen LogP contribution >= 0.6 is 0 Å². The molecule has 0 aliphatic heterocycles. The maximum Gasteiger partial charge on any atom is 0.225 e. The predicted octanol–water partition coefficient (Wildman–Crippen LogP) is 4.36. The lowest BCUT2D eigenvalue weighted by atomic mass is 10.1. The minimum Gasteiger partial charge on any atom is -0.351 e. The zero-order valence-electron chi connectivity index (χ0n) is 13.6. The summed E-state index contributed by atoms with van der Waals surface area (Å²) >= 11 is 0. The van der Waals surface area contributed by atoms with Gasteiger partial charge >= 0.3 is 0 Å². The number of benzene rings is 2. The van der Waals surface area contributed by atoms with E-state index in [2.05, 4.69) is 33.2 Å². The van der Waals surface area contributed by atoms with Crippen molar-refractivity contribution >= 4 is 17.5 Å². The summed E-state index contributed by atoms with van der Waals surface area (Å²) in [5.74, 6) is 1.11. The van der Waals surface area contributed by atoms with Crippen LogP contribution in [0.5, 0.6) is 0 Å². The summed E-state index contributed by atoms with van der Waals surface area (Å²) in [6, 6.07) is 21.2. The van der Waals surface area contributed by atoms with E-state index in [1.807, 2.05) is 54.6 Å². The summed E-state index contributed by atoms with van der Waals surface area (Å²) in [6.07, 6.45) is 1.75. The summed E-state index contributed by atoms with van der Waals surface area (Å²) < 4.78 is 0. The molecule has 2 N–H and O–H groups in total. The molecule has 0 saturated heterocycles. The van der Waals surface area contributed by atoms with Gasteiger partial charge in [-0.1, -0.05) is 48.5 Å². The largest absolute Gasteiger partial charge is 0.351 e. The summed E-state index contributed by atoms with van der Waals surface area (Å²) in [5, 5.41) is 15.6. The Morgan fingerprint density at radius 1 is 1.04 bits per heavy atom. The van der Waals surface area contributed by atoms with Crippen LogP contribution in [0.1, 0.15) is 5.56 Å². The number of anilines is 3. The van der Waals surface area contributed by atoms with Crippen molar-refractivity contribution < 1.29 is 0 Å². The van der Waals surface area contributed by atoms with E-state index in [9.17, 15) is 5.26 Å². The molecule has 0 saturated carbocycles. The molecule has 3 rings (SSSR count). The van der Waals surface area contributed by atoms with Gasteiger partial charge in [0, 0.05) is 18.2 Å². The van der Waals surface area contributed by atoms with Gasteiger partial charge in [0.25, 0.3) is 0 Å². The maximum absolute atomic E-state index is 9.25. The Hall–Kier alpha value is -3.65. The fourth-order valence-electron chi connectivity index (χ4n) is 2.34. The molecular weight excluding hydrogens is 310 g/mol. The van der Waals surface area contributed by atoms with Crippen LogP contribution < -0.4 is 10.6 Å². The third-order valence-corrected chi connectivity index (χ3v) is 3.51. The third-order valence-electron chi connectivity index (χ3n) is 3.51. The van der Waals surface area contributed by atoms with Crippen LogP contribution in [0, 0.1) is 11.3 Å². The smallest absolute Gasteiger partial charge is 0.225 e. The maximum atomic E-state index is 9.25. The zero-order chi connectivity index (χ0) is 17.5. The lowest BCUT2D eigenvalue weighted by Crippen LogP contribution is -2.06. The number of para-hydroxylation sites is 1. The van der Waals surface area contributed by atoms with E-state index in [4.69, 9.17) is 0 Å². The molecule has 0 spiro atoms. The lowest BCUT2D eigenvalue weighted by Gasteiger charge is -2.11. The topological polar surface area (TPSA) is 73.6 Å². The molecule has 5 heteroatoms. The standard InChI is InChI=1S/C20H17N5/c1-2-12-22-20-24-18(15-8-4-3-5-9-15)13-19(25-20)23-17-11-7-6-10-16(17)14-21/h2-11,13H,1,12H2,(H2,22,23,24,25). The molecule has 0 aliphatic carbocycles. The highest BCUT2D eigenvalue weighted by Gasteiger charge is 2.08. The minimum atomic E-state index is 0.498. The molecular formula is C20H17N5. The first-order chi connectivity index (χ1) is 12.3. The second-order valence-corrected chi connectivity index (χ2v) is 5.28. The molecule has 0 radical (unpaired) electrons. The molecule has 1 aromatic heterocycles. The highest BCUT2D eigenvalue weighted by atomic mass is 15.1. The lowest BCUT2D eigenvalue weighted by molar-refractivity contribution is 1.12. The van der Waals surface area contributed by atoms with Crippen molar-refractivity contribution in [1.82, 2.24) is 9.97 Å². The van der Waals surface area contributed by atoms with Gasteiger partial charge in [0.2, 0.25) is 5.95 Å². The summed E-state index contributed by atoms with van der Waals surface area (Å²) in [7, 11) is 0. The Morgan fingerprint density at radius 2 is 1.80 bits per heavy atom. The first-order valence-electron chi connectivity index (χ1n) is 7.85. The molecule has 0 atom stereocenters. The van der Waals surface area contributed by atoms with E-state index in [0.717, 1.165) is 11.3 Å². The van der Waals surface area contributed by atoms with Gasteiger partial charge in [-0.3, -0.25) is 0 Å². The Morgan fingerprint density at radius 3 is 2.56 bits per heavy atom. The van der Waals surface area contributed by atoms with Crippen LogP contribution in [0.25, 0.3) is 11.3 Å². The van der Waals surface area contributed by atoms with Gasteiger partial charge in [-0.15, -0.1) is 6.58 Å². The molecule has 5 nitrogen and oxygen atoms in total. The molecule has 0 amide bonds. The normalized spacial score (nSPS) is 9.88. The zero-order valence-corrected chi connectivity index (χ0v) is 13.6. The van der Waals surface area contributed by atoms with Crippen molar-refractivity contribution in [2.75, 3.05) is 17.2 Å². The molecule has 0 unspecified atom stereocenters. The number of hydrogen-bond acceptors (Lipinski definition) is 5. The molecule has 0 aliphatic rings. The van der Waals surface area contributed by atoms with Gasteiger partial charge in [-0.25, -0.2) is 4.98 Å². The molecule has 3 aromatic rings. The quantitative estimate of drug-likeness (QED) is 0.658. The SMILES string of the molecule is C=CCNc1nc(Nc2ccccc2C#N)cc(-c2ccccc2)n1. The van der Waals surface area contributed by atoms with Crippen LogP contribution in [0.2, 0.25) is 0 Å². The number of nitrogens with one attached hydrogen (secondary N) is 2. The number of hydrogen-bond donors (Lipinski definition) is 2. The molecule has 122 valence electrons. The molecule has 0 bridgehead atoms. The van der Waals surface area contributed by atoms with Crippen LogP contribution in [0.4, 0.5) is 17.5 Å². The van der Waals surface area contributed by atoms with E-state index in [1.54, 1.807) is 12.1 Å². The first kappa shape index (κ1) is 16.2. The van der Waals surface area contributed by atoms with E-state index in [-0.39, 0.29) is 0 Å². The van der Waals surface area contributed by atoms with Crippen molar-refractivity contribution in [2.45, 2.75) is 0 Å². The Labute approximate surface area is 146 Å². The van der Waals surface area contributed by atoms with E-state index in [0.29, 0.717) is 29.6 Å². The van der Waals surface area contributed by atoms with Gasteiger partial charge in [0.05, 0.1) is 16.9 Å². The van der Waals surface area contributed by atoms with Crippen molar-refractivity contribution in [1.29, 1.82) is 5.26 Å². The Kier molecular flexibility index (Phi) is 5.03. The van der Waals surface area contributed by atoms with Crippen molar-refractivity contribution in [3.05, 3.63) is 78.9 Å². The number of rotatable bonds is 6. The number of aromatic nitrogens is 2. The van der Waals surface area contributed by atoms with Crippen molar-refractivity contribution in [2.24, 2.45) is 0 Å². The highest BCUT2D eigenvalue weighted by Crippen LogP contribution is 2.24. The van der Waals surface area contributed by atoms with E-state index < -0.39 is 0 Å². The van der Waals surface area contributed by atoms with Crippen LogP contribution in [0.3, 0.4) is 0 Å². The van der Waals surface area contributed by atoms with Gasteiger partial charge < -0.3 is 10.6 Å². The molecule has 0 fully saturated rings. The molecule has 1 heterocycles. The summed E-state index contributed by atoms with van der Waals surface area (Å²) in [5.41, 5.74) is 3.04. The van der Waals surface area contributed by atoms with Gasteiger partial charge in [0.1, 0.15) is 11.9 Å². The highest BCUT2D eigenvalue weighted by molar-refractivity contribution is 5.69. The average Bonchev–Trinajstić information content (AvgIpc) is 2.67. The fourth-order valence-corrected chi connectivity index (χ4v) is 2.34. The van der Waals surface area contributed by atoms with E-state index in [1.165, 1.54) is 0 Å². The Bertz CT molecular complexity index is 913. The fraction of sp³-hybridized carbons (Fsp3) is 0.0500. The van der Waals surface area contributed by atoms with Crippen LogP contribution in [0.15, 0.2) is 73.3 Å². The minimum absolute atomic E-state index is 0.498. The summed E-state index contributed by atoms with van der Waals surface area (Å²) in [4.78, 5) is 9.03. The Balaban J connectivity index is 2.00. The third kappa shape index (κ3) is 4.01. The van der Waals surface area contributed by atoms with E-state index >= 15 is 0 Å². The van der Waals surface area contributed by atoms with Gasteiger partial charge in [-0.2, -0.15) is 10.2 Å². The van der Waals surface area contributed by atoms with Crippen LogP contribution in [-0.2, 0) is 0 Å². The number of nitriles is 1. The predicted molar refractivity (Wildman–Crippen MR) is 101 cm³/mol.